The van der Waals surface area contributed by atoms with Crippen LogP contribution in [0.25, 0.3) is 0 Å². The Morgan fingerprint density at radius 2 is 2.17 bits per heavy atom. The molecule has 1 aromatic carbocycles. The third-order valence-electron chi connectivity index (χ3n) is 3.80. The molecule has 2 amide bonds. The summed E-state index contributed by atoms with van der Waals surface area (Å²) in [5.74, 6) is -0.219. The lowest BCUT2D eigenvalue weighted by Crippen LogP contribution is -2.37. The first-order valence-electron chi connectivity index (χ1n) is 7.20. The van der Waals surface area contributed by atoms with Crippen LogP contribution in [0.3, 0.4) is 0 Å². The fourth-order valence-corrected chi connectivity index (χ4v) is 2.70. The van der Waals surface area contributed by atoms with Crippen molar-refractivity contribution in [3.8, 4) is 5.75 Å². The minimum Gasteiger partial charge on any atom is -0.494 e. The first-order chi connectivity index (χ1) is 11.4. The smallest absolute Gasteiger partial charge is 0.404 e. The molecule has 0 aromatic heterocycles. The lowest BCUT2D eigenvalue weighted by Gasteiger charge is -2.18. The van der Waals surface area contributed by atoms with Crippen molar-refractivity contribution in [3.05, 3.63) is 27.8 Å². The lowest BCUT2D eigenvalue weighted by molar-refractivity contribution is -0.384. The molecule has 0 bridgehead atoms. The summed E-state index contributed by atoms with van der Waals surface area (Å²) in [4.78, 5) is 35.3. The second kappa shape index (κ2) is 7.02. The molecular formula is C14H18N4O6. The molecule has 0 spiro atoms. The van der Waals surface area contributed by atoms with Crippen molar-refractivity contribution in [2.45, 2.75) is 12.5 Å². The molecule has 1 aromatic rings. The van der Waals surface area contributed by atoms with Crippen LogP contribution in [0.5, 0.6) is 5.75 Å². The van der Waals surface area contributed by atoms with Crippen LogP contribution in [0.2, 0.25) is 0 Å². The molecule has 3 N–H and O–H groups in total. The van der Waals surface area contributed by atoms with Crippen molar-refractivity contribution >= 4 is 23.4 Å². The van der Waals surface area contributed by atoms with Crippen molar-refractivity contribution < 1.29 is 24.4 Å². The Balaban J connectivity index is 2.28. The molecule has 1 fully saturated rings. The molecule has 1 aliphatic heterocycles. The Kier molecular flexibility index (Phi) is 5.07. The zero-order chi connectivity index (χ0) is 17.9. The van der Waals surface area contributed by atoms with Gasteiger partial charge in [-0.05, 0) is 12.5 Å². The Hall–Kier alpha value is -3.04. The number of nitro groups is 1. The Labute approximate surface area is 137 Å². The molecule has 1 saturated heterocycles. The van der Waals surface area contributed by atoms with Crippen molar-refractivity contribution in [2.75, 3.05) is 32.6 Å². The molecular weight excluding hydrogens is 320 g/mol. The molecule has 0 saturated carbocycles. The predicted octanol–water partition coefficient (Wildman–Crippen LogP) is 1.13. The Morgan fingerprint density at radius 3 is 2.71 bits per heavy atom. The number of carbonyl (C=O) groups excluding carboxylic acids is 1. The monoisotopic (exact) mass is 338 g/mol. The zero-order valence-corrected chi connectivity index (χ0v) is 13.2. The van der Waals surface area contributed by atoms with Crippen LogP contribution in [-0.4, -0.2) is 60.2 Å². The van der Waals surface area contributed by atoms with Crippen LogP contribution < -0.4 is 15.4 Å². The summed E-state index contributed by atoms with van der Waals surface area (Å²) in [6.45, 7) is 0.586. The second-order valence-corrected chi connectivity index (χ2v) is 5.27. The highest BCUT2D eigenvalue weighted by Crippen LogP contribution is 2.36. The highest BCUT2D eigenvalue weighted by atomic mass is 16.6. The topological polar surface area (TPSA) is 134 Å². The van der Waals surface area contributed by atoms with E-state index in [0.29, 0.717) is 13.0 Å². The maximum Gasteiger partial charge on any atom is 0.404 e. The third kappa shape index (κ3) is 3.47. The van der Waals surface area contributed by atoms with E-state index >= 15 is 0 Å². The average molecular weight is 338 g/mol. The number of ether oxygens (including phenoxy) is 1. The maximum atomic E-state index is 12.6. The molecule has 130 valence electrons. The van der Waals surface area contributed by atoms with Gasteiger partial charge in [0.1, 0.15) is 5.75 Å². The van der Waals surface area contributed by atoms with Crippen molar-refractivity contribution in [1.29, 1.82) is 0 Å². The molecule has 10 nitrogen and oxygen atoms in total. The number of amides is 2. The highest BCUT2D eigenvalue weighted by molar-refractivity contribution is 5.97. The van der Waals surface area contributed by atoms with Gasteiger partial charge in [-0.3, -0.25) is 14.9 Å². The van der Waals surface area contributed by atoms with E-state index < -0.39 is 16.9 Å². The van der Waals surface area contributed by atoms with Gasteiger partial charge in [-0.15, -0.1) is 0 Å². The molecule has 1 heterocycles. The van der Waals surface area contributed by atoms with E-state index in [-0.39, 0.29) is 35.3 Å². The number of carboxylic acid groups (broad SMARTS) is 1. The first-order valence-corrected chi connectivity index (χ1v) is 7.20. The normalized spacial score (nSPS) is 16.6. The zero-order valence-electron chi connectivity index (χ0n) is 13.2. The summed E-state index contributed by atoms with van der Waals surface area (Å²) in [5, 5.41) is 25.0. The van der Waals surface area contributed by atoms with Crippen LogP contribution in [0, 0.1) is 10.1 Å². The second-order valence-electron chi connectivity index (χ2n) is 5.27. The Morgan fingerprint density at radius 1 is 1.46 bits per heavy atom. The van der Waals surface area contributed by atoms with E-state index in [1.807, 2.05) is 0 Å². The predicted molar refractivity (Wildman–Crippen MR) is 84.7 cm³/mol. The van der Waals surface area contributed by atoms with Gasteiger partial charge in [0.05, 0.1) is 23.6 Å². The number of nitro benzene ring substituents is 1. The van der Waals surface area contributed by atoms with Gasteiger partial charge in [-0.25, -0.2) is 4.79 Å². The van der Waals surface area contributed by atoms with E-state index in [0.717, 1.165) is 0 Å². The molecule has 0 aliphatic carbocycles. The summed E-state index contributed by atoms with van der Waals surface area (Å²) in [6, 6.07) is 2.27. The lowest BCUT2D eigenvalue weighted by atomic mass is 10.1. The number of nitrogens with one attached hydrogen (secondary N) is 2. The SMILES string of the molecule is CNc1c(OC)cc(C(=O)N2CCC(NC(=O)O)C2)cc1[N+](=O)[O-]. The van der Waals surface area contributed by atoms with Gasteiger partial charge in [0.15, 0.2) is 5.69 Å². The molecule has 2 rings (SSSR count). The Bertz CT molecular complexity index is 677. The quantitative estimate of drug-likeness (QED) is 0.541. The molecule has 1 aliphatic rings. The largest absolute Gasteiger partial charge is 0.494 e. The fourth-order valence-electron chi connectivity index (χ4n) is 2.70. The molecule has 24 heavy (non-hydrogen) atoms. The number of methoxy groups -OCH3 is 1. The number of anilines is 1. The maximum absolute atomic E-state index is 12.6. The number of carbonyl (C=O) groups is 2. The van der Waals surface area contributed by atoms with Crippen LogP contribution in [-0.2, 0) is 0 Å². The van der Waals surface area contributed by atoms with Gasteiger partial charge in [0.25, 0.3) is 11.6 Å². The molecule has 10 heteroatoms. The van der Waals surface area contributed by atoms with Gasteiger partial charge >= 0.3 is 6.09 Å². The highest BCUT2D eigenvalue weighted by Gasteiger charge is 2.30. The summed E-state index contributed by atoms with van der Waals surface area (Å²) >= 11 is 0. The number of likely N-dealkylation sites (tertiary alicyclic amines) is 1. The fraction of sp³-hybridized carbons (Fsp3) is 0.429. The van der Waals surface area contributed by atoms with Crippen molar-refractivity contribution in [1.82, 2.24) is 10.2 Å². The van der Waals surface area contributed by atoms with E-state index in [1.54, 1.807) is 0 Å². The van der Waals surface area contributed by atoms with Crippen molar-refractivity contribution in [3.63, 3.8) is 0 Å². The van der Waals surface area contributed by atoms with Gasteiger partial charge in [-0.1, -0.05) is 0 Å². The molecule has 1 unspecified atom stereocenters. The van der Waals surface area contributed by atoms with Crippen LogP contribution >= 0.6 is 0 Å². The van der Waals surface area contributed by atoms with Crippen LogP contribution in [0.1, 0.15) is 16.8 Å². The minimum absolute atomic E-state index is 0.119. The van der Waals surface area contributed by atoms with Gasteiger partial charge in [0.2, 0.25) is 0 Å². The summed E-state index contributed by atoms with van der Waals surface area (Å²) in [6.07, 6.45) is -0.656. The van der Waals surface area contributed by atoms with Gasteiger partial charge in [-0.2, -0.15) is 0 Å². The summed E-state index contributed by atoms with van der Waals surface area (Å²) in [5.41, 5.74) is 0.0408. The standard InChI is InChI=1S/C14H18N4O6/c1-15-12-10(18(22)23)5-8(6-11(12)24-2)13(19)17-4-3-9(7-17)16-14(20)21/h5-6,9,15-16H,3-4,7H2,1-2H3,(H,20,21). The number of hydrogen-bond acceptors (Lipinski definition) is 6. The van der Waals surface area contributed by atoms with E-state index in [2.05, 4.69) is 10.6 Å². The van der Waals surface area contributed by atoms with Gasteiger partial charge < -0.3 is 25.4 Å². The first kappa shape index (κ1) is 17.3. The van der Waals surface area contributed by atoms with Gasteiger partial charge in [0, 0.05) is 26.2 Å². The van der Waals surface area contributed by atoms with Crippen LogP contribution in [0.15, 0.2) is 12.1 Å². The number of rotatable bonds is 5. The number of nitrogens with zero attached hydrogens (tertiary/aromatic N) is 2. The number of benzene rings is 1. The third-order valence-corrected chi connectivity index (χ3v) is 3.80. The minimum atomic E-state index is -1.15. The van der Waals surface area contributed by atoms with E-state index in [4.69, 9.17) is 9.84 Å². The molecule has 1 atom stereocenters. The van der Waals surface area contributed by atoms with Crippen molar-refractivity contribution in [2.24, 2.45) is 0 Å². The average Bonchev–Trinajstić information content (AvgIpc) is 3.00. The van der Waals surface area contributed by atoms with E-state index in [9.17, 15) is 19.7 Å². The number of hydrogen-bond donors (Lipinski definition) is 3. The van der Waals surface area contributed by atoms with Crippen LogP contribution in [0.4, 0.5) is 16.2 Å². The molecule has 0 radical (unpaired) electrons. The summed E-state index contributed by atoms with van der Waals surface area (Å²) in [7, 11) is 2.88. The summed E-state index contributed by atoms with van der Waals surface area (Å²) < 4.78 is 5.13. The van der Waals surface area contributed by atoms with E-state index in [1.165, 1.54) is 31.2 Å².